The number of aliphatic imine (C=N–C) groups is 1. The highest BCUT2D eigenvalue weighted by Crippen LogP contribution is 2.26. The van der Waals surface area contributed by atoms with Crippen molar-refractivity contribution in [2.24, 2.45) is 10.7 Å². The Morgan fingerprint density at radius 1 is 1.39 bits per heavy atom. The molecule has 1 aromatic heterocycles. The van der Waals surface area contributed by atoms with Crippen molar-refractivity contribution in [2.75, 3.05) is 11.9 Å². The van der Waals surface area contributed by atoms with Crippen molar-refractivity contribution in [2.45, 2.75) is 70.8 Å². The van der Waals surface area contributed by atoms with Crippen molar-refractivity contribution in [3.05, 3.63) is 38.2 Å². The highest BCUT2D eigenvalue weighted by molar-refractivity contribution is 6.33. The van der Waals surface area contributed by atoms with Crippen LogP contribution in [-0.4, -0.2) is 52.0 Å². The summed E-state index contributed by atoms with van der Waals surface area (Å²) in [4.78, 5) is 23.0. The van der Waals surface area contributed by atoms with Gasteiger partial charge in [0.05, 0.1) is 29.9 Å². The highest BCUT2D eigenvalue weighted by Gasteiger charge is 2.27. The van der Waals surface area contributed by atoms with Gasteiger partial charge in [0.1, 0.15) is 16.6 Å². The van der Waals surface area contributed by atoms with Crippen LogP contribution in [0.2, 0.25) is 10.3 Å². The van der Waals surface area contributed by atoms with E-state index < -0.39 is 23.3 Å². The van der Waals surface area contributed by atoms with Gasteiger partial charge in [-0.05, 0) is 51.1 Å². The lowest BCUT2D eigenvalue weighted by molar-refractivity contribution is -0.418. The number of halogens is 4. The second kappa shape index (κ2) is 12.8. The minimum absolute atomic E-state index is 0.0398. The molecule has 0 spiro atoms. The van der Waals surface area contributed by atoms with Crippen LogP contribution in [0.25, 0.3) is 0 Å². The molecule has 0 saturated heterocycles. The van der Waals surface area contributed by atoms with Gasteiger partial charge in [-0.2, -0.15) is 13.8 Å². The zero-order chi connectivity index (χ0) is 24.5. The Labute approximate surface area is 199 Å². The number of nitro groups is 1. The Bertz CT molecular complexity index is 882. The summed E-state index contributed by atoms with van der Waals surface area (Å²) >= 11 is 11.8. The smallest absolute Gasteiger partial charge is 0.348 e. The number of nitrogens with one attached hydrogen (secondary N) is 1. The Balaban J connectivity index is 1.93. The zero-order valence-corrected chi connectivity index (χ0v) is 19.7. The van der Waals surface area contributed by atoms with E-state index in [-0.39, 0.29) is 35.6 Å². The van der Waals surface area contributed by atoms with Gasteiger partial charge in [-0.3, -0.25) is 15.1 Å². The van der Waals surface area contributed by atoms with Crippen LogP contribution in [0.5, 0.6) is 0 Å². The van der Waals surface area contributed by atoms with Crippen molar-refractivity contribution in [1.29, 1.82) is 0 Å². The number of allylic oxidation sites excluding steroid dienone is 1. The van der Waals surface area contributed by atoms with E-state index in [4.69, 9.17) is 33.7 Å². The molecule has 1 atom stereocenters. The first-order valence-corrected chi connectivity index (χ1v) is 11.0. The summed E-state index contributed by atoms with van der Waals surface area (Å²) in [5.41, 5.74) is 5.53. The number of hydrogen-bond donors (Lipinski definition) is 2. The normalized spacial score (nSPS) is 20.9. The van der Waals surface area contributed by atoms with E-state index >= 15 is 0 Å². The van der Waals surface area contributed by atoms with Crippen molar-refractivity contribution in [3.8, 4) is 0 Å². The molecule has 1 aliphatic carbocycles. The first-order chi connectivity index (χ1) is 15.6. The maximum absolute atomic E-state index is 12.3. The second-order valence-corrected chi connectivity index (χ2v) is 8.28. The van der Waals surface area contributed by atoms with E-state index in [0.29, 0.717) is 42.9 Å². The number of nitrogens with zero attached hydrogens (tertiary/aromatic N) is 4. The van der Waals surface area contributed by atoms with Crippen LogP contribution in [0.15, 0.2) is 22.8 Å². The van der Waals surface area contributed by atoms with Crippen molar-refractivity contribution in [1.82, 2.24) is 9.97 Å². The SMILES string of the molecule is CC(=NC1CCC(OC(F)F)CC1)C(=C(N)OCC[C@@H](C)Nc1nc(Cl)ncc1Cl)[N+](=O)[O-]. The van der Waals surface area contributed by atoms with Crippen molar-refractivity contribution >= 4 is 34.7 Å². The fraction of sp³-hybridized carbons (Fsp3) is 0.632. The first-order valence-electron chi connectivity index (χ1n) is 10.3. The predicted molar refractivity (Wildman–Crippen MR) is 120 cm³/mol. The number of aromatic nitrogens is 2. The van der Waals surface area contributed by atoms with Crippen LogP contribution in [0, 0.1) is 10.1 Å². The van der Waals surface area contributed by atoms with Gasteiger partial charge >= 0.3 is 12.3 Å². The number of anilines is 1. The average Bonchev–Trinajstić information content (AvgIpc) is 2.71. The summed E-state index contributed by atoms with van der Waals surface area (Å²) in [5, 5.41) is 14.9. The number of rotatable bonds is 11. The summed E-state index contributed by atoms with van der Waals surface area (Å²) in [7, 11) is 0. The molecule has 0 aromatic carbocycles. The minimum Gasteiger partial charge on any atom is -0.474 e. The lowest BCUT2D eigenvalue weighted by Gasteiger charge is -2.26. The summed E-state index contributed by atoms with van der Waals surface area (Å²) in [6.07, 6.45) is 3.04. The third kappa shape index (κ3) is 8.86. The molecule has 2 rings (SSSR count). The Morgan fingerprint density at radius 2 is 2.06 bits per heavy atom. The second-order valence-electron chi connectivity index (χ2n) is 7.53. The van der Waals surface area contributed by atoms with Crippen LogP contribution in [-0.2, 0) is 9.47 Å². The zero-order valence-electron chi connectivity index (χ0n) is 18.1. The van der Waals surface area contributed by atoms with Crippen LogP contribution in [0.1, 0.15) is 46.0 Å². The molecule has 184 valence electrons. The molecule has 0 radical (unpaired) electrons. The van der Waals surface area contributed by atoms with E-state index in [1.54, 1.807) is 0 Å². The largest absolute Gasteiger partial charge is 0.474 e. The third-order valence-electron chi connectivity index (χ3n) is 4.98. The molecule has 33 heavy (non-hydrogen) atoms. The highest BCUT2D eigenvalue weighted by atomic mass is 35.5. The molecule has 14 heteroatoms. The quantitative estimate of drug-likeness (QED) is 0.147. The van der Waals surface area contributed by atoms with E-state index in [2.05, 4.69) is 25.0 Å². The lowest BCUT2D eigenvalue weighted by Crippen LogP contribution is -2.27. The van der Waals surface area contributed by atoms with E-state index in [9.17, 15) is 18.9 Å². The summed E-state index contributed by atoms with van der Waals surface area (Å²) in [6, 6.07) is -0.403. The topological polar surface area (TPSA) is 138 Å². The van der Waals surface area contributed by atoms with Gasteiger partial charge in [-0.25, -0.2) is 4.98 Å². The Hall–Kier alpha value is -2.31. The lowest BCUT2D eigenvalue weighted by atomic mass is 9.93. The molecular formula is C19H26Cl2F2N6O4. The van der Waals surface area contributed by atoms with Crippen LogP contribution in [0.3, 0.4) is 0 Å². The monoisotopic (exact) mass is 510 g/mol. The third-order valence-corrected chi connectivity index (χ3v) is 5.44. The molecule has 0 unspecified atom stereocenters. The van der Waals surface area contributed by atoms with E-state index in [1.165, 1.54) is 13.1 Å². The predicted octanol–water partition coefficient (Wildman–Crippen LogP) is 4.41. The van der Waals surface area contributed by atoms with Gasteiger partial charge in [-0.1, -0.05) is 11.6 Å². The molecule has 3 N–H and O–H groups in total. The summed E-state index contributed by atoms with van der Waals surface area (Å²) < 4.78 is 34.6. The molecule has 0 bridgehead atoms. The fourth-order valence-corrected chi connectivity index (χ4v) is 3.64. The van der Waals surface area contributed by atoms with Crippen LogP contribution >= 0.6 is 23.2 Å². The van der Waals surface area contributed by atoms with Crippen molar-refractivity contribution < 1.29 is 23.2 Å². The number of nitrogens with two attached hydrogens (primary N) is 1. The van der Waals surface area contributed by atoms with Gasteiger partial charge in [0, 0.05) is 12.5 Å². The molecule has 0 aliphatic heterocycles. The van der Waals surface area contributed by atoms with Gasteiger partial charge in [0.15, 0.2) is 0 Å². The molecule has 1 aliphatic rings. The standard InChI is InChI=1S/C19H26Cl2F2N6O4/c1-10(26-17-14(20)9-25-18(21)28-17)7-8-32-16(24)15(29(30)31)11(2)27-12-3-5-13(6-4-12)33-19(22)23/h9-10,12-13,19H,3-8,24H2,1-2H3,(H,25,26,28)/t10-,12?,13?/m1/s1. The van der Waals surface area contributed by atoms with E-state index in [1.807, 2.05) is 6.92 Å². The first kappa shape index (κ1) is 26.9. The minimum atomic E-state index is -2.81. The summed E-state index contributed by atoms with van der Waals surface area (Å²) in [6.45, 7) is 0.578. The number of ether oxygens (including phenoxy) is 2. The Kier molecular flexibility index (Phi) is 10.5. The fourth-order valence-electron chi connectivity index (χ4n) is 3.36. The summed E-state index contributed by atoms with van der Waals surface area (Å²) in [5.74, 6) is 0.00147. The molecule has 1 heterocycles. The van der Waals surface area contributed by atoms with Gasteiger partial charge < -0.3 is 20.5 Å². The molecule has 10 nitrogen and oxygen atoms in total. The number of hydrogen-bond acceptors (Lipinski definition) is 9. The van der Waals surface area contributed by atoms with Crippen LogP contribution in [0.4, 0.5) is 14.6 Å². The van der Waals surface area contributed by atoms with Gasteiger partial charge in [0.2, 0.25) is 5.28 Å². The molecule has 1 fully saturated rings. The maximum atomic E-state index is 12.3. The van der Waals surface area contributed by atoms with Gasteiger partial charge in [-0.15, -0.1) is 0 Å². The average molecular weight is 511 g/mol. The molecule has 0 amide bonds. The van der Waals surface area contributed by atoms with Gasteiger partial charge in [0.25, 0.3) is 5.88 Å². The Morgan fingerprint density at radius 3 is 2.67 bits per heavy atom. The number of alkyl halides is 2. The molecular weight excluding hydrogens is 485 g/mol. The van der Waals surface area contributed by atoms with Crippen LogP contribution < -0.4 is 11.1 Å². The van der Waals surface area contributed by atoms with E-state index in [0.717, 1.165) is 0 Å². The van der Waals surface area contributed by atoms with Crippen molar-refractivity contribution in [3.63, 3.8) is 0 Å². The molecule has 1 aromatic rings. The maximum Gasteiger partial charge on any atom is 0.348 e. The molecule has 1 saturated carbocycles.